The van der Waals surface area contributed by atoms with Crippen LogP contribution >= 0.6 is 0 Å². The molecule has 0 amide bonds. The molecule has 0 aliphatic rings. The Morgan fingerprint density at radius 3 is 1.80 bits per heavy atom. The van der Waals surface area contributed by atoms with E-state index in [-0.39, 0.29) is 0 Å². The van der Waals surface area contributed by atoms with Gasteiger partial charge in [0.25, 0.3) is 0 Å². The van der Waals surface area contributed by atoms with Gasteiger partial charge in [0.1, 0.15) is 0 Å². The molecule has 0 saturated carbocycles. The fraction of sp³-hybridized carbons (Fsp3) is 0.923. The van der Waals surface area contributed by atoms with E-state index in [1.807, 2.05) is 0 Å². The maximum Gasteiger partial charge on any atom is 0.309 e. The van der Waals surface area contributed by atoms with Crippen molar-refractivity contribution in [3.05, 3.63) is 0 Å². The quantitative estimate of drug-likeness (QED) is 0.676. The van der Waals surface area contributed by atoms with E-state index in [1.165, 1.54) is 12.8 Å². The minimum absolute atomic E-state index is 0.405. The van der Waals surface area contributed by atoms with E-state index in [2.05, 4.69) is 20.8 Å². The average Bonchev–Trinajstić information content (AvgIpc) is 2.00. The maximum atomic E-state index is 10.8. The zero-order valence-corrected chi connectivity index (χ0v) is 10.9. The molecule has 0 radical (unpaired) electrons. The molecule has 0 heterocycles. The van der Waals surface area contributed by atoms with Crippen molar-refractivity contribution in [2.24, 2.45) is 10.8 Å². The predicted octanol–water partition coefficient (Wildman–Crippen LogP) is 4.09. The van der Waals surface area contributed by atoms with Gasteiger partial charge in [0.05, 0.1) is 5.41 Å². The zero-order chi connectivity index (χ0) is 12.1. The van der Waals surface area contributed by atoms with Crippen LogP contribution in [0.5, 0.6) is 0 Å². The molecule has 2 nitrogen and oxygen atoms in total. The summed E-state index contributed by atoms with van der Waals surface area (Å²) in [6, 6.07) is 0. The van der Waals surface area contributed by atoms with Gasteiger partial charge in [0, 0.05) is 0 Å². The molecule has 0 rings (SSSR count). The van der Waals surface area contributed by atoms with Gasteiger partial charge in [-0.2, -0.15) is 0 Å². The summed E-state index contributed by atoms with van der Waals surface area (Å²) in [6.45, 7) is 10.3. The summed E-state index contributed by atoms with van der Waals surface area (Å²) in [5, 5.41) is 8.93. The zero-order valence-electron chi connectivity index (χ0n) is 10.9. The van der Waals surface area contributed by atoms with E-state index in [4.69, 9.17) is 5.11 Å². The van der Waals surface area contributed by atoms with Crippen LogP contribution in [-0.4, -0.2) is 11.1 Å². The molecule has 0 aromatic rings. The van der Waals surface area contributed by atoms with Crippen LogP contribution in [0.25, 0.3) is 0 Å². The smallest absolute Gasteiger partial charge is 0.309 e. The molecule has 15 heavy (non-hydrogen) atoms. The van der Waals surface area contributed by atoms with Crippen molar-refractivity contribution in [1.29, 1.82) is 0 Å². The van der Waals surface area contributed by atoms with Crippen molar-refractivity contribution in [3.8, 4) is 0 Å². The maximum absolute atomic E-state index is 10.8. The van der Waals surface area contributed by atoms with Gasteiger partial charge in [-0.1, -0.05) is 40.0 Å². The molecule has 0 aromatic carbocycles. The van der Waals surface area contributed by atoms with Crippen molar-refractivity contribution in [2.45, 2.75) is 66.7 Å². The monoisotopic (exact) mass is 214 g/mol. The van der Waals surface area contributed by atoms with E-state index in [0.29, 0.717) is 5.41 Å². The predicted molar refractivity (Wildman–Crippen MR) is 64.0 cm³/mol. The summed E-state index contributed by atoms with van der Waals surface area (Å²) in [4.78, 5) is 10.8. The number of hydrogen-bond donors (Lipinski definition) is 1. The van der Waals surface area contributed by atoms with Crippen LogP contribution < -0.4 is 0 Å². The molecule has 1 N–H and O–H groups in total. The fourth-order valence-electron chi connectivity index (χ4n) is 1.51. The molecule has 90 valence electrons. The molecule has 0 saturated heterocycles. The number of carbonyl (C=O) groups is 1. The second-order valence-electron chi connectivity index (χ2n) is 6.31. The van der Waals surface area contributed by atoms with Crippen molar-refractivity contribution >= 4 is 5.97 Å². The molecule has 0 aromatic heterocycles. The highest BCUT2D eigenvalue weighted by Gasteiger charge is 2.25. The van der Waals surface area contributed by atoms with Crippen LogP contribution in [0.1, 0.15) is 66.7 Å². The highest BCUT2D eigenvalue weighted by atomic mass is 16.4. The number of hydrogen-bond acceptors (Lipinski definition) is 1. The lowest BCUT2D eigenvalue weighted by atomic mass is 9.85. The number of unbranched alkanes of at least 4 members (excludes halogenated alkanes) is 2. The largest absolute Gasteiger partial charge is 0.481 e. The van der Waals surface area contributed by atoms with Crippen LogP contribution in [-0.2, 0) is 4.79 Å². The van der Waals surface area contributed by atoms with Gasteiger partial charge in [-0.15, -0.1) is 0 Å². The number of carboxylic acids is 1. The highest BCUT2D eigenvalue weighted by Crippen LogP contribution is 2.26. The van der Waals surface area contributed by atoms with Crippen molar-refractivity contribution in [3.63, 3.8) is 0 Å². The SMILES string of the molecule is CC(C)(C)CCCCCC(C)(C)C(=O)O. The summed E-state index contributed by atoms with van der Waals surface area (Å²) in [7, 11) is 0. The Bertz CT molecular complexity index is 199. The van der Waals surface area contributed by atoms with E-state index >= 15 is 0 Å². The summed E-state index contributed by atoms with van der Waals surface area (Å²) < 4.78 is 0. The molecular formula is C13H26O2. The van der Waals surface area contributed by atoms with Gasteiger partial charge in [0.2, 0.25) is 0 Å². The molecular weight excluding hydrogens is 188 g/mol. The van der Waals surface area contributed by atoms with E-state index in [9.17, 15) is 4.79 Å². The van der Waals surface area contributed by atoms with Gasteiger partial charge in [-0.25, -0.2) is 0 Å². The topological polar surface area (TPSA) is 37.3 Å². The van der Waals surface area contributed by atoms with Gasteiger partial charge in [-0.05, 0) is 32.1 Å². The Morgan fingerprint density at radius 2 is 1.40 bits per heavy atom. The van der Waals surface area contributed by atoms with Crippen LogP contribution in [0, 0.1) is 10.8 Å². The van der Waals surface area contributed by atoms with Crippen molar-refractivity contribution in [1.82, 2.24) is 0 Å². The third-order valence-electron chi connectivity index (χ3n) is 2.81. The number of rotatable bonds is 6. The molecule has 0 bridgehead atoms. The summed E-state index contributed by atoms with van der Waals surface area (Å²) >= 11 is 0. The highest BCUT2D eigenvalue weighted by molar-refractivity contribution is 5.73. The first-order chi connectivity index (χ1) is 6.65. The second-order valence-corrected chi connectivity index (χ2v) is 6.31. The Balaban J connectivity index is 3.60. The summed E-state index contributed by atoms with van der Waals surface area (Å²) in [6.07, 6.45) is 5.38. The van der Waals surface area contributed by atoms with Crippen LogP contribution in [0.4, 0.5) is 0 Å². The van der Waals surface area contributed by atoms with E-state index < -0.39 is 11.4 Å². The minimum atomic E-state index is -0.682. The van der Waals surface area contributed by atoms with Crippen molar-refractivity contribution in [2.75, 3.05) is 0 Å². The summed E-state index contributed by atoms with van der Waals surface area (Å²) in [5.41, 5.74) is -0.149. The second kappa shape index (κ2) is 5.53. The average molecular weight is 214 g/mol. The lowest BCUT2D eigenvalue weighted by Crippen LogP contribution is -2.23. The molecule has 0 spiro atoms. The molecule has 0 unspecified atom stereocenters. The van der Waals surface area contributed by atoms with E-state index in [0.717, 1.165) is 19.3 Å². The normalized spacial score (nSPS) is 12.9. The first-order valence-corrected chi connectivity index (χ1v) is 5.88. The number of carboxylic acid groups (broad SMARTS) is 1. The molecule has 2 heteroatoms. The first kappa shape index (κ1) is 14.5. The van der Waals surface area contributed by atoms with Crippen LogP contribution in [0.2, 0.25) is 0 Å². The Hall–Kier alpha value is -0.530. The van der Waals surface area contributed by atoms with Gasteiger partial charge in [0.15, 0.2) is 0 Å². The Kier molecular flexibility index (Phi) is 5.33. The van der Waals surface area contributed by atoms with Gasteiger partial charge < -0.3 is 5.11 Å². The van der Waals surface area contributed by atoms with Crippen LogP contribution in [0.3, 0.4) is 0 Å². The fourth-order valence-corrected chi connectivity index (χ4v) is 1.51. The first-order valence-electron chi connectivity index (χ1n) is 5.88. The third-order valence-corrected chi connectivity index (χ3v) is 2.81. The Morgan fingerprint density at radius 1 is 0.933 bits per heavy atom. The lowest BCUT2D eigenvalue weighted by molar-refractivity contribution is -0.147. The van der Waals surface area contributed by atoms with Gasteiger partial charge >= 0.3 is 5.97 Å². The van der Waals surface area contributed by atoms with E-state index in [1.54, 1.807) is 13.8 Å². The Labute approximate surface area is 94.1 Å². The lowest BCUT2D eigenvalue weighted by Gasteiger charge is -2.20. The third kappa shape index (κ3) is 7.40. The molecule has 0 fully saturated rings. The summed E-state index contributed by atoms with van der Waals surface area (Å²) in [5.74, 6) is -0.682. The minimum Gasteiger partial charge on any atom is -0.481 e. The van der Waals surface area contributed by atoms with Gasteiger partial charge in [-0.3, -0.25) is 4.79 Å². The molecule has 0 aliphatic carbocycles. The van der Waals surface area contributed by atoms with Crippen molar-refractivity contribution < 1.29 is 9.90 Å². The standard InChI is InChI=1S/C13H26O2/c1-12(2,3)9-7-6-8-10-13(4,5)11(14)15/h6-10H2,1-5H3,(H,14,15). The number of aliphatic carboxylic acids is 1. The molecule has 0 atom stereocenters. The molecule has 0 aliphatic heterocycles. The van der Waals surface area contributed by atoms with Crippen LogP contribution in [0.15, 0.2) is 0 Å².